The Bertz CT molecular complexity index is 957. The van der Waals surface area contributed by atoms with Gasteiger partial charge >= 0.3 is 6.09 Å². The van der Waals surface area contributed by atoms with Gasteiger partial charge in [0, 0.05) is 35.7 Å². The molecule has 0 saturated heterocycles. The van der Waals surface area contributed by atoms with E-state index in [1.165, 1.54) is 16.7 Å². The number of fused-ring (bicyclic) bond motifs is 3. The molecule has 1 amide bonds. The quantitative estimate of drug-likeness (QED) is 0.438. The highest BCUT2D eigenvalue weighted by molar-refractivity contribution is 5.84. The molecular weight excluding hydrogens is 334 g/mol. The van der Waals surface area contributed by atoms with Crippen molar-refractivity contribution in [1.82, 2.24) is 10.2 Å². The minimum Gasteiger partial charge on any atom is -0.481 e. The summed E-state index contributed by atoms with van der Waals surface area (Å²) in [6.07, 6.45) is -0.198. The summed E-state index contributed by atoms with van der Waals surface area (Å²) in [5, 5.41) is 26.0. The maximum Gasteiger partial charge on any atom is 0.409 e. The van der Waals surface area contributed by atoms with Gasteiger partial charge in [0.25, 0.3) is 5.97 Å². The van der Waals surface area contributed by atoms with Crippen LogP contribution in [0.1, 0.15) is 18.1 Å². The maximum atomic E-state index is 10.6. The highest BCUT2D eigenvalue weighted by Crippen LogP contribution is 2.39. The molecule has 0 radical (unpaired) electrons. The Morgan fingerprint density at radius 1 is 1.08 bits per heavy atom. The summed E-state index contributed by atoms with van der Waals surface area (Å²) in [6.45, 7) is 1.08. The second kappa shape index (κ2) is 7.10. The second-order valence-corrected chi connectivity index (χ2v) is 5.79. The number of nitrogens with one attached hydrogen (secondary N) is 2. The number of hydrogen-bond acceptors (Lipinski definition) is 3. The topological polar surface area (TPSA) is 115 Å². The predicted molar refractivity (Wildman–Crippen MR) is 97.2 cm³/mol. The van der Waals surface area contributed by atoms with E-state index in [1.54, 1.807) is 12.1 Å². The summed E-state index contributed by atoms with van der Waals surface area (Å²) in [5.41, 5.74) is 7.23. The van der Waals surface area contributed by atoms with Crippen LogP contribution in [0.25, 0.3) is 22.5 Å². The Kier molecular flexibility index (Phi) is 4.70. The standard InChI is InChI=1S/C17H13N3O2.C2H4O2/c21-17(22)18-12-7-5-10(6-8-12)15-14-9-11-3-1-2-4-13(11)16(14)20-19-15;1-2(3)4/h1-8,18H,9H2,(H,19,20)(H,21,22);1H3,(H,3,4). The van der Waals surface area contributed by atoms with Crippen LogP contribution >= 0.6 is 0 Å². The number of amides is 1. The van der Waals surface area contributed by atoms with Crippen molar-refractivity contribution in [2.24, 2.45) is 0 Å². The molecule has 7 nitrogen and oxygen atoms in total. The van der Waals surface area contributed by atoms with Crippen LogP contribution in [0, 0.1) is 0 Å². The summed E-state index contributed by atoms with van der Waals surface area (Å²) in [7, 11) is 0. The zero-order chi connectivity index (χ0) is 18.7. The van der Waals surface area contributed by atoms with Crippen LogP contribution in [0.3, 0.4) is 0 Å². The van der Waals surface area contributed by atoms with Crippen LogP contribution in [0.2, 0.25) is 0 Å². The molecule has 0 bridgehead atoms. The number of aromatic nitrogens is 2. The van der Waals surface area contributed by atoms with Crippen molar-refractivity contribution < 1.29 is 19.8 Å². The van der Waals surface area contributed by atoms with Gasteiger partial charge in [0.05, 0.1) is 11.4 Å². The number of nitrogens with zero attached hydrogens (tertiary/aromatic N) is 1. The third-order valence-electron chi connectivity index (χ3n) is 3.93. The van der Waals surface area contributed by atoms with Crippen molar-refractivity contribution in [1.29, 1.82) is 0 Å². The molecule has 7 heteroatoms. The Hall–Kier alpha value is -3.61. The fourth-order valence-electron chi connectivity index (χ4n) is 2.94. The number of carbonyl (C=O) groups is 2. The first-order valence-corrected chi connectivity index (χ1v) is 7.91. The van der Waals surface area contributed by atoms with Crippen molar-refractivity contribution >= 4 is 17.7 Å². The Morgan fingerprint density at radius 2 is 1.73 bits per heavy atom. The minimum absolute atomic E-state index is 0.548. The lowest BCUT2D eigenvalue weighted by Gasteiger charge is -2.03. The molecule has 1 aromatic heterocycles. The molecule has 4 N–H and O–H groups in total. The number of aromatic amines is 1. The van der Waals surface area contributed by atoms with Gasteiger partial charge in [-0.05, 0) is 17.7 Å². The van der Waals surface area contributed by atoms with E-state index in [1.807, 2.05) is 24.3 Å². The lowest BCUT2D eigenvalue weighted by molar-refractivity contribution is -0.134. The normalized spacial score (nSPS) is 11.0. The number of H-pyrrole nitrogens is 1. The summed E-state index contributed by atoms with van der Waals surface area (Å²) < 4.78 is 0. The van der Waals surface area contributed by atoms with Gasteiger partial charge in [-0.15, -0.1) is 0 Å². The van der Waals surface area contributed by atoms with Gasteiger partial charge in [0.1, 0.15) is 0 Å². The molecule has 3 aromatic rings. The van der Waals surface area contributed by atoms with Crippen LogP contribution in [-0.4, -0.2) is 32.5 Å². The largest absolute Gasteiger partial charge is 0.481 e. The Labute approximate surface area is 149 Å². The molecule has 0 aliphatic heterocycles. The zero-order valence-corrected chi connectivity index (χ0v) is 14.0. The molecule has 1 heterocycles. The van der Waals surface area contributed by atoms with Crippen LogP contribution in [-0.2, 0) is 11.2 Å². The van der Waals surface area contributed by atoms with E-state index < -0.39 is 12.1 Å². The van der Waals surface area contributed by atoms with Crippen molar-refractivity contribution in [2.45, 2.75) is 13.3 Å². The van der Waals surface area contributed by atoms with Gasteiger partial charge in [-0.25, -0.2) is 4.79 Å². The first-order valence-electron chi connectivity index (χ1n) is 7.91. The fraction of sp³-hybridized carbons (Fsp3) is 0.105. The molecule has 4 rings (SSSR count). The number of rotatable bonds is 2. The van der Waals surface area contributed by atoms with E-state index in [2.05, 4.69) is 27.6 Å². The number of anilines is 1. The average molecular weight is 351 g/mol. The Balaban J connectivity index is 0.000000447. The number of hydrogen-bond donors (Lipinski definition) is 4. The molecule has 132 valence electrons. The molecule has 0 fully saturated rings. The summed E-state index contributed by atoms with van der Waals surface area (Å²) in [4.78, 5) is 19.6. The van der Waals surface area contributed by atoms with Gasteiger partial charge in [-0.3, -0.25) is 15.2 Å². The first kappa shape index (κ1) is 17.2. The summed E-state index contributed by atoms with van der Waals surface area (Å²) in [6, 6.07) is 15.6. The predicted octanol–water partition coefficient (Wildman–Crippen LogP) is 3.83. The van der Waals surface area contributed by atoms with E-state index in [4.69, 9.17) is 15.0 Å². The van der Waals surface area contributed by atoms with Gasteiger partial charge in [0.2, 0.25) is 0 Å². The van der Waals surface area contributed by atoms with E-state index in [9.17, 15) is 4.79 Å². The molecular formula is C19H17N3O4. The van der Waals surface area contributed by atoms with E-state index in [-0.39, 0.29) is 0 Å². The third-order valence-corrected chi connectivity index (χ3v) is 3.93. The SMILES string of the molecule is CC(=O)O.O=C(O)Nc1ccc(-c2n[nH]c3c2Cc2ccccc2-3)cc1. The van der Waals surface area contributed by atoms with E-state index in [0.717, 1.165) is 30.3 Å². The molecule has 0 unspecified atom stereocenters. The molecule has 26 heavy (non-hydrogen) atoms. The molecule has 0 spiro atoms. The molecule has 0 saturated carbocycles. The number of benzene rings is 2. The highest BCUT2D eigenvalue weighted by Gasteiger charge is 2.24. The van der Waals surface area contributed by atoms with Gasteiger partial charge < -0.3 is 10.2 Å². The van der Waals surface area contributed by atoms with Gasteiger partial charge in [-0.1, -0.05) is 36.4 Å². The molecule has 1 aliphatic rings. The van der Waals surface area contributed by atoms with Crippen LogP contribution in [0.4, 0.5) is 10.5 Å². The maximum absolute atomic E-state index is 10.6. The lowest BCUT2D eigenvalue weighted by Crippen LogP contribution is -2.06. The summed E-state index contributed by atoms with van der Waals surface area (Å²) in [5.74, 6) is -0.833. The van der Waals surface area contributed by atoms with Crippen LogP contribution in [0.5, 0.6) is 0 Å². The first-order chi connectivity index (χ1) is 12.5. The molecule has 0 atom stereocenters. The summed E-state index contributed by atoms with van der Waals surface area (Å²) >= 11 is 0. The third kappa shape index (κ3) is 3.56. The van der Waals surface area contributed by atoms with E-state index in [0.29, 0.717) is 5.69 Å². The molecule has 2 aromatic carbocycles. The average Bonchev–Trinajstić information content (AvgIpc) is 3.13. The highest BCUT2D eigenvalue weighted by atomic mass is 16.4. The number of aliphatic carboxylic acids is 1. The van der Waals surface area contributed by atoms with Crippen molar-refractivity contribution in [2.75, 3.05) is 5.32 Å². The smallest absolute Gasteiger partial charge is 0.409 e. The second-order valence-electron chi connectivity index (χ2n) is 5.79. The van der Waals surface area contributed by atoms with Crippen molar-refractivity contribution in [3.8, 4) is 22.5 Å². The van der Waals surface area contributed by atoms with Crippen molar-refractivity contribution in [3.05, 3.63) is 59.7 Å². The van der Waals surface area contributed by atoms with Crippen LogP contribution in [0.15, 0.2) is 48.5 Å². The van der Waals surface area contributed by atoms with E-state index >= 15 is 0 Å². The van der Waals surface area contributed by atoms with Gasteiger partial charge in [-0.2, -0.15) is 5.10 Å². The lowest BCUT2D eigenvalue weighted by atomic mass is 10.1. The minimum atomic E-state index is -1.07. The fourth-order valence-corrected chi connectivity index (χ4v) is 2.94. The zero-order valence-electron chi connectivity index (χ0n) is 14.0. The van der Waals surface area contributed by atoms with Crippen LogP contribution < -0.4 is 5.32 Å². The Morgan fingerprint density at radius 3 is 2.38 bits per heavy atom. The van der Waals surface area contributed by atoms with Gasteiger partial charge in [0.15, 0.2) is 0 Å². The number of carboxylic acids is 1. The molecule has 1 aliphatic carbocycles. The monoisotopic (exact) mass is 351 g/mol. The number of carboxylic acid groups (broad SMARTS) is 2. The van der Waals surface area contributed by atoms with Crippen molar-refractivity contribution in [3.63, 3.8) is 0 Å².